The molecule has 5 heteroatoms. The lowest BCUT2D eigenvalue weighted by molar-refractivity contribution is 0.244. The summed E-state index contributed by atoms with van der Waals surface area (Å²) in [7, 11) is 0. The van der Waals surface area contributed by atoms with Crippen molar-refractivity contribution in [1.29, 1.82) is 0 Å². The number of benzene rings is 2. The van der Waals surface area contributed by atoms with Crippen LogP contribution in [0.2, 0.25) is 0 Å². The molecule has 0 saturated carbocycles. The second-order valence-electron chi connectivity index (χ2n) is 4.93. The monoisotopic (exact) mass is 302 g/mol. The van der Waals surface area contributed by atoms with Crippen molar-refractivity contribution in [1.82, 2.24) is 5.32 Å². The average molecular weight is 302 g/mol. The van der Waals surface area contributed by atoms with Gasteiger partial charge in [0, 0.05) is 12.3 Å². The molecule has 1 atom stereocenters. The van der Waals surface area contributed by atoms with Crippen molar-refractivity contribution in [3.8, 4) is 0 Å². The van der Waals surface area contributed by atoms with Crippen molar-refractivity contribution in [3.05, 3.63) is 66.0 Å². The topological polar surface area (TPSA) is 61.4 Å². The summed E-state index contributed by atoms with van der Waals surface area (Å²) >= 11 is 0. The zero-order valence-electron chi connectivity index (χ0n) is 12.1. The molecule has 116 valence electrons. The molecule has 0 fully saturated rings. The molecule has 0 unspecified atom stereocenters. The van der Waals surface area contributed by atoms with E-state index in [-0.39, 0.29) is 24.5 Å². The van der Waals surface area contributed by atoms with Gasteiger partial charge in [-0.2, -0.15) is 0 Å². The van der Waals surface area contributed by atoms with E-state index in [9.17, 15) is 9.18 Å². The van der Waals surface area contributed by atoms with Crippen LogP contribution in [0.4, 0.5) is 14.9 Å². The van der Waals surface area contributed by atoms with Gasteiger partial charge in [0.1, 0.15) is 5.82 Å². The fourth-order valence-corrected chi connectivity index (χ4v) is 2.16. The van der Waals surface area contributed by atoms with Gasteiger partial charge in [0.25, 0.3) is 0 Å². The molecule has 3 N–H and O–H groups in total. The number of nitrogens with one attached hydrogen (secondary N) is 2. The third-order valence-corrected chi connectivity index (χ3v) is 3.26. The Morgan fingerprint density at radius 1 is 1.09 bits per heavy atom. The molecule has 0 bridgehead atoms. The van der Waals surface area contributed by atoms with Gasteiger partial charge in [0.15, 0.2) is 0 Å². The zero-order chi connectivity index (χ0) is 15.8. The number of aliphatic hydroxyl groups is 1. The first kappa shape index (κ1) is 16.0. The fourth-order valence-electron chi connectivity index (χ4n) is 2.16. The van der Waals surface area contributed by atoms with Crippen LogP contribution < -0.4 is 10.6 Å². The number of hydrogen-bond acceptors (Lipinski definition) is 2. The van der Waals surface area contributed by atoms with E-state index >= 15 is 0 Å². The Morgan fingerprint density at radius 2 is 1.77 bits per heavy atom. The molecule has 0 saturated heterocycles. The third kappa shape index (κ3) is 4.86. The van der Waals surface area contributed by atoms with Gasteiger partial charge < -0.3 is 15.7 Å². The molecule has 2 aromatic rings. The highest BCUT2D eigenvalue weighted by atomic mass is 19.1. The van der Waals surface area contributed by atoms with Crippen LogP contribution in [0.5, 0.6) is 0 Å². The molecule has 2 rings (SSSR count). The Balaban J connectivity index is 2.00. The van der Waals surface area contributed by atoms with Gasteiger partial charge in [-0.25, -0.2) is 9.18 Å². The summed E-state index contributed by atoms with van der Waals surface area (Å²) in [5.41, 5.74) is 1.50. The van der Waals surface area contributed by atoms with E-state index < -0.39 is 0 Å². The number of anilines is 1. The minimum atomic E-state index is -0.363. The van der Waals surface area contributed by atoms with Crippen LogP contribution in [0.25, 0.3) is 0 Å². The highest BCUT2D eigenvalue weighted by Gasteiger charge is 2.14. The Labute approximate surface area is 129 Å². The molecule has 0 radical (unpaired) electrons. The average Bonchev–Trinajstić information content (AvgIpc) is 2.54. The second-order valence-corrected chi connectivity index (χ2v) is 4.93. The molecule has 0 aliphatic heterocycles. The van der Waals surface area contributed by atoms with Gasteiger partial charge in [-0.15, -0.1) is 0 Å². The summed E-state index contributed by atoms with van der Waals surface area (Å²) in [6, 6.07) is 14.6. The van der Waals surface area contributed by atoms with E-state index in [4.69, 9.17) is 5.11 Å². The van der Waals surface area contributed by atoms with Crippen molar-refractivity contribution < 1.29 is 14.3 Å². The lowest BCUT2D eigenvalue weighted by Crippen LogP contribution is -2.32. The van der Waals surface area contributed by atoms with E-state index in [0.29, 0.717) is 18.5 Å². The predicted octanol–water partition coefficient (Wildman–Crippen LogP) is 3.46. The number of aliphatic hydroxyl groups excluding tert-OH is 1. The largest absolute Gasteiger partial charge is 0.396 e. The van der Waals surface area contributed by atoms with Crippen molar-refractivity contribution >= 4 is 11.7 Å². The summed E-state index contributed by atoms with van der Waals surface area (Å²) in [4.78, 5) is 12.1. The minimum Gasteiger partial charge on any atom is -0.396 e. The summed E-state index contributed by atoms with van der Waals surface area (Å²) < 4.78 is 12.8. The summed E-state index contributed by atoms with van der Waals surface area (Å²) in [6.45, 7) is 0.0740. The van der Waals surface area contributed by atoms with Gasteiger partial charge >= 0.3 is 6.03 Å². The van der Waals surface area contributed by atoms with Crippen LogP contribution in [-0.4, -0.2) is 17.7 Å². The van der Waals surface area contributed by atoms with Crippen LogP contribution in [0.1, 0.15) is 24.4 Å². The maximum absolute atomic E-state index is 12.8. The maximum Gasteiger partial charge on any atom is 0.319 e. The molecule has 4 nitrogen and oxygen atoms in total. The van der Waals surface area contributed by atoms with Gasteiger partial charge in [0.05, 0.1) is 6.04 Å². The van der Waals surface area contributed by atoms with Gasteiger partial charge in [-0.05, 0) is 42.7 Å². The molecule has 0 heterocycles. The maximum atomic E-state index is 12.8. The molecule has 0 aliphatic carbocycles. The third-order valence-electron chi connectivity index (χ3n) is 3.26. The van der Waals surface area contributed by atoms with E-state index in [1.54, 1.807) is 0 Å². The Hall–Kier alpha value is -2.40. The van der Waals surface area contributed by atoms with E-state index in [2.05, 4.69) is 10.6 Å². The fraction of sp³-hybridized carbons (Fsp3) is 0.235. The van der Waals surface area contributed by atoms with Crippen LogP contribution in [-0.2, 0) is 0 Å². The highest BCUT2D eigenvalue weighted by molar-refractivity contribution is 5.89. The van der Waals surface area contributed by atoms with Crippen molar-refractivity contribution in [2.24, 2.45) is 0 Å². The van der Waals surface area contributed by atoms with Gasteiger partial charge in [-0.3, -0.25) is 0 Å². The highest BCUT2D eigenvalue weighted by Crippen LogP contribution is 2.18. The lowest BCUT2D eigenvalue weighted by Gasteiger charge is -2.19. The lowest BCUT2D eigenvalue weighted by atomic mass is 10.0. The van der Waals surface area contributed by atoms with E-state index in [1.807, 2.05) is 30.3 Å². The van der Waals surface area contributed by atoms with Crippen molar-refractivity contribution in [3.63, 3.8) is 0 Å². The van der Waals surface area contributed by atoms with Crippen LogP contribution >= 0.6 is 0 Å². The van der Waals surface area contributed by atoms with Crippen molar-refractivity contribution in [2.45, 2.75) is 18.9 Å². The number of urea groups is 1. The van der Waals surface area contributed by atoms with E-state index in [1.165, 1.54) is 24.3 Å². The van der Waals surface area contributed by atoms with Crippen LogP contribution in [0.3, 0.4) is 0 Å². The molecule has 0 spiro atoms. The quantitative estimate of drug-likeness (QED) is 0.765. The molecular weight excluding hydrogens is 283 g/mol. The Morgan fingerprint density at radius 3 is 2.41 bits per heavy atom. The molecule has 0 aromatic heterocycles. The molecule has 2 aromatic carbocycles. The summed E-state index contributed by atoms with van der Waals surface area (Å²) in [5, 5.41) is 14.5. The first-order valence-electron chi connectivity index (χ1n) is 7.18. The van der Waals surface area contributed by atoms with Gasteiger partial charge in [0.2, 0.25) is 0 Å². The Bertz CT molecular complexity index is 587. The molecule has 0 aliphatic rings. The molecular formula is C17H19FN2O2. The smallest absolute Gasteiger partial charge is 0.319 e. The standard InChI is InChI=1S/C17H19FN2O2/c18-14-8-10-15(11-9-14)19-17(22)20-16(7-4-12-21)13-5-2-1-3-6-13/h1-3,5-6,8-11,16,21H,4,7,12H2,(H2,19,20,22)/t16-/m1/s1. The number of carbonyl (C=O) groups excluding carboxylic acids is 1. The summed E-state index contributed by atoms with van der Waals surface area (Å²) in [5.74, 6) is -0.351. The number of carbonyl (C=O) groups is 1. The van der Waals surface area contributed by atoms with Crippen LogP contribution in [0.15, 0.2) is 54.6 Å². The number of hydrogen-bond donors (Lipinski definition) is 3. The minimum absolute atomic E-state index is 0.0740. The van der Waals surface area contributed by atoms with Gasteiger partial charge in [-0.1, -0.05) is 30.3 Å². The Kier molecular flexibility index (Phi) is 5.91. The normalized spacial score (nSPS) is 11.7. The SMILES string of the molecule is O=C(Nc1ccc(F)cc1)N[C@H](CCCO)c1ccccc1. The van der Waals surface area contributed by atoms with Crippen LogP contribution in [0, 0.1) is 5.82 Å². The second kappa shape index (κ2) is 8.14. The number of amides is 2. The predicted molar refractivity (Wildman–Crippen MR) is 84.1 cm³/mol. The summed E-state index contributed by atoms with van der Waals surface area (Å²) in [6.07, 6.45) is 1.23. The van der Waals surface area contributed by atoms with E-state index in [0.717, 1.165) is 5.56 Å². The van der Waals surface area contributed by atoms with Crippen molar-refractivity contribution in [2.75, 3.05) is 11.9 Å². The first-order valence-corrected chi connectivity index (χ1v) is 7.18. The first-order chi connectivity index (χ1) is 10.7. The number of rotatable bonds is 6. The zero-order valence-corrected chi connectivity index (χ0v) is 12.1. The molecule has 22 heavy (non-hydrogen) atoms. The molecule has 2 amide bonds. The number of halogens is 1.